The van der Waals surface area contributed by atoms with Gasteiger partial charge in [0.25, 0.3) is 5.91 Å². The van der Waals surface area contributed by atoms with E-state index in [9.17, 15) is 9.59 Å². The van der Waals surface area contributed by atoms with Crippen LogP contribution in [0, 0.1) is 5.92 Å². The van der Waals surface area contributed by atoms with Gasteiger partial charge in [-0.2, -0.15) is 0 Å². The van der Waals surface area contributed by atoms with Crippen LogP contribution in [0.4, 0.5) is 0 Å². The molecule has 22 heavy (non-hydrogen) atoms. The summed E-state index contributed by atoms with van der Waals surface area (Å²) in [4.78, 5) is 25.8. The minimum Gasteiger partial charge on any atom is -0.454 e. The number of nitrogens with zero attached hydrogens (tertiary/aromatic N) is 1. The minimum absolute atomic E-state index is 0.138. The molecule has 0 bridgehead atoms. The molecule has 118 valence electrons. The van der Waals surface area contributed by atoms with Gasteiger partial charge in [-0.3, -0.25) is 4.79 Å². The molecule has 0 aromatic heterocycles. The van der Waals surface area contributed by atoms with Crippen LogP contribution in [0.1, 0.15) is 30.1 Å². The lowest BCUT2D eigenvalue weighted by atomic mass is 10.0. The summed E-state index contributed by atoms with van der Waals surface area (Å²) in [7, 11) is 0. The standard InChI is InChI=1S/C16H19NO5/c1-11-3-2-6-17(8-11)15(18)9-20-16(19)12-4-5-13-14(7-12)22-10-21-13/h4-5,7,11H,2-3,6,8-10H2,1H3/t11-/m1/s1. The SMILES string of the molecule is C[C@@H]1CCCN(C(=O)COC(=O)c2ccc3c(c2)OCO3)C1. The van der Waals surface area contributed by atoms with E-state index < -0.39 is 5.97 Å². The van der Waals surface area contributed by atoms with Crippen LogP contribution in [-0.4, -0.2) is 43.3 Å². The zero-order valence-corrected chi connectivity index (χ0v) is 12.5. The van der Waals surface area contributed by atoms with Crippen LogP contribution in [0.15, 0.2) is 18.2 Å². The van der Waals surface area contributed by atoms with Gasteiger partial charge in [0.15, 0.2) is 18.1 Å². The Morgan fingerprint density at radius 2 is 2.14 bits per heavy atom. The van der Waals surface area contributed by atoms with Gasteiger partial charge in [-0.05, 0) is 37.0 Å². The zero-order chi connectivity index (χ0) is 15.5. The molecule has 6 heteroatoms. The molecule has 0 unspecified atom stereocenters. The Bertz CT molecular complexity index is 586. The van der Waals surface area contributed by atoms with Gasteiger partial charge in [0.1, 0.15) is 0 Å². The molecule has 0 aliphatic carbocycles. The van der Waals surface area contributed by atoms with Crippen LogP contribution >= 0.6 is 0 Å². The van der Waals surface area contributed by atoms with Crippen molar-refractivity contribution in [1.29, 1.82) is 0 Å². The molecular weight excluding hydrogens is 286 g/mol. The number of carbonyl (C=O) groups excluding carboxylic acids is 2. The molecule has 1 aromatic rings. The third-order valence-corrected chi connectivity index (χ3v) is 3.94. The van der Waals surface area contributed by atoms with Gasteiger partial charge < -0.3 is 19.1 Å². The Balaban J connectivity index is 1.54. The van der Waals surface area contributed by atoms with Crippen molar-refractivity contribution in [2.45, 2.75) is 19.8 Å². The van der Waals surface area contributed by atoms with Crippen LogP contribution in [0.2, 0.25) is 0 Å². The van der Waals surface area contributed by atoms with Crippen molar-refractivity contribution in [3.63, 3.8) is 0 Å². The molecule has 6 nitrogen and oxygen atoms in total. The zero-order valence-electron chi connectivity index (χ0n) is 12.5. The summed E-state index contributed by atoms with van der Waals surface area (Å²) < 4.78 is 15.5. The second kappa shape index (κ2) is 6.25. The van der Waals surface area contributed by atoms with E-state index in [1.54, 1.807) is 23.1 Å². The van der Waals surface area contributed by atoms with Gasteiger partial charge in [-0.15, -0.1) is 0 Å². The first-order valence-corrected chi connectivity index (χ1v) is 7.48. The molecule has 1 aromatic carbocycles. The average molecular weight is 305 g/mol. The first-order valence-electron chi connectivity index (χ1n) is 7.48. The summed E-state index contributed by atoms with van der Waals surface area (Å²) in [5, 5.41) is 0. The number of hydrogen-bond acceptors (Lipinski definition) is 5. The van der Waals surface area contributed by atoms with Crippen LogP contribution < -0.4 is 9.47 Å². The van der Waals surface area contributed by atoms with E-state index in [4.69, 9.17) is 14.2 Å². The van der Waals surface area contributed by atoms with E-state index in [0.717, 1.165) is 25.9 Å². The van der Waals surface area contributed by atoms with Crippen molar-refractivity contribution in [1.82, 2.24) is 4.90 Å². The van der Waals surface area contributed by atoms with Gasteiger partial charge in [-0.25, -0.2) is 4.79 Å². The maximum absolute atomic E-state index is 12.1. The van der Waals surface area contributed by atoms with Crippen molar-refractivity contribution < 1.29 is 23.8 Å². The second-order valence-electron chi connectivity index (χ2n) is 5.73. The maximum atomic E-state index is 12.1. The van der Waals surface area contributed by atoms with Crippen LogP contribution in [-0.2, 0) is 9.53 Å². The molecule has 2 aliphatic heterocycles. The van der Waals surface area contributed by atoms with E-state index in [-0.39, 0.29) is 19.3 Å². The van der Waals surface area contributed by atoms with Crippen LogP contribution in [0.5, 0.6) is 11.5 Å². The minimum atomic E-state index is -0.531. The molecule has 0 N–H and O–H groups in total. The Kier molecular flexibility index (Phi) is 4.18. The molecule has 2 aliphatic rings. The Morgan fingerprint density at radius 1 is 1.32 bits per heavy atom. The highest BCUT2D eigenvalue weighted by Gasteiger charge is 2.22. The number of ether oxygens (including phenoxy) is 3. The summed E-state index contributed by atoms with van der Waals surface area (Å²) in [5.74, 6) is 0.958. The third-order valence-electron chi connectivity index (χ3n) is 3.94. The summed E-state index contributed by atoms with van der Waals surface area (Å²) in [6.07, 6.45) is 2.14. The summed E-state index contributed by atoms with van der Waals surface area (Å²) >= 11 is 0. The highest BCUT2D eigenvalue weighted by atomic mass is 16.7. The molecule has 2 heterocycles. The molecule has 0 spiro atoms. The molecule has 1 saturated heterocycles. The summed E-state index contributed by atoms with van der Waals surface area (Å²) in [6, 6.07) is 4.83. The van der Waals surface area contributed by atoms with Gasteiger partial charge in [-0.1, -0.05) is 6.92 Å². The van der Waals surface area contributed by atoms with Crippen molar-refractivity contribution in [2.24, 2.45) is 5.92 Å². The molecule has 0 saturated carbocycles. The van der Waals surface area contributed by atoms with Crippen LogP contribution in [0.3, 0.4) is 0 Å². The van der Waals surface area contributed by atoms with E-state index in [2.05, 4.69) is 6.92 Å². The number of amides is 1. The van der Waals surface area contributed by atoms with Crippen molar-refractivity contribution in [3.05, 3.63) is 23.8 Å². The smallest absolute Gasteiger partial charge is 0.338 e. The number of hydrogen-bond donors (Lipinski definition) is 0. The first kappa shape index (κ1) is 14.7. The Morgan fingerprint density at radius 3 is 2.95 bits per heavy atom. The number of benzene rings is 1. The molecular formula is C16H19NO5. The van der Waals surface area contributed by atoms with E-state index in [0.29, 0.717) is 23.0 Å². The molecule has 3 rings (SSSR count). The van der Waals surface area contributed by atoms with Gasteiger partial charge in [0, 0.05) is 13.1 Å². The normalized spacial score (nSPS) is 19.9. The molecule has 1 atom stereocenters. The summed E-state index contributed by atoms with van der Waals surface area (Å²) in [5.41, 5.74) is 0.351. The van der Waals surface area contributed by atoms with Crippen molar-refractivity contribution in [3.8, 4) is 11.5 Å². The first-order chi connectivity index (χ1) is 10.6. The molecule has 0 radical (unpaired) electrons. The highest BCUT2D eigenvalue weighted by molar-refractivity contribution is 5.92. The average Bonchev–Trinajstić information content (AvgIpc) is 2.99. The number of esters is 1. The fraction of sp³-hybridized carbons (Fsp3) is 0.500. The maximum Gasteiger partial charge on any atom is 0.338 e. The Labute approximate surface area is 128 Å². The van der Waals surface area contributed by atoms with Gasteiger partial charge >= 0.3 is 5.97 Å². The van der Waals surface area contributed by atoms with E-state index in [1.807, 2.05) is 0 Å². The lowest BCUT2D eigenvalue weighted by Gasteiger charge is -2.30. The largest absolute Gasteiger partial charge is 0.454 e. The highest BCUT2D eigenvalue weighted by Crippen LogP contribution is 2.32. The van der Waals surface area contributed by atoms with Gasteiger partial charge in [0.05, 0.1) is 5.56 Å². The molecule has 1 amide bonds. The second-order valence-corrected chi connectivity index (χ2v) is 5.73. The number of fused-ring (bicyclic) bond motifs is 1. The van der Waals surface area contributed by atoms with E-state index in [1.165, 1.54) is 0 Å². The topological polar surface area (TPSA) is 65.1 Å². The fourth-order valence-electron chi connectivity index (χ4n) is 2.74. The van der Waals surface area contributed by atoms with E-state index >= 15 is 0 Å². The van der Waals surface area contributed by atoms with Crippen LogP contribution in [0.25, 0.3) is 0 Å². The fourth-order valence-corrected chi connectivity index (χ4v) is 2.74. The molecule has 1 fully saturated rings. The van der Waals surface area contributed by atoms with Crippen molar-refractivity contribution >= 4 is 11.9 Å². The third kappa shape index (κ3) is 3.16. The lowest BCUT2D eigenvalue weighted by molar-refractivity contribution is -0.136. The number of rotatable bonds is 3. The number of likely N-dealkylation sites (tertiary alicyclic amines) is 1. The number of piperidine rings is 1. The predicted molar refractivity (Wildman–Crippen MR) is 77.8 cm³/mol. The monoisotopic (exact) mass is 305 g/mol. The predicted octanol–water partition coefficient (Wildman–Crippen LogP) is 1.83. The van der Waals surface area contributed by atoms with Crippen molar-refractivity contribution in [2.75, 3.05) is 26.5 Å². The Hall–Kier alpha value is -2.24. The number of carbonyl (C=O) groups is 2. The lowest BCUT2D eigenvalue weighted by Crippen LogP contribution is -2.41. The summed E-state index contributed by atoms with van der Waals surface area (Å²) in [6.45, 7) is 3.53. The quantitative estimate of drug-likeness (QED) is 0.797. The van der Waals surface area contributed by atoms with Gasteiger partial charge in [0.2, 0.25) is 6.79 Å².